The van der Waals surface area contributed by atoms with Crippen LogP contribution in [0.2, 0.25) is 0 Å². The lowest BCUT2D eigenvalue weighted by molar-refractivity contribution is -0.125. The minimum atomic E-state index is -3.43. The second-order valence-electron chi connectivity index (χ2n) is 6.56. The number of thiocarbonyl (C=S) groups is 1. The Morgan fingerprint density at radius 3 is 2.24 bits per heavy atom. The molecular weight excluding hydrogens is 358 g/mol. The average Bonchev–Trinajstić information content (AvgIpc) is 2.54. The first-order chi connectivity index (χ1) is 12.0. The van der Waals surface area contributed by atoms with Crippen molar-refractivity contribution in [3.63, 3.8) is 0 Å². The molecule has 2 N–H and O–H groups in total. The van der Waals surface area contributed by atoms with Crippen LogP contribution < -0.4 is 10.6 Å². The Morgan fingerprint density at radius 1 is 1.04 bits per heavy atom. The quantitative estimate of drug-likeness (QED) is 0.784. The molecule has 1 saturated heterocycles. The molecule has 1 aromatic rings. The second-order valence-corrected chi connectivity index (χ2v) is 8.91. The SMILES string of the molecule is O=C(NC(=S)Nc1ccc(S(=O)(=O)N2CCCCC2)cc1)C1CCC1. The van der Waals surface area contributed by atoms with Crippen LogP contribution in [0.4, 0.5) is 5.69 Å². The number of carbonyl (C=O) groups is 1. The van der Waals surface area contributed by atoms with Crippen molar-refractivity contribution >= 4 is 38.9 Å². The summed E-state index contributed by atoms with van der Waals surface area (Å²) in [6, 6.07) is 6.47. The van der Waals surface area contributed by atoms with Gasteiger partial charge in [-0.3, -0.25) is 4.79 Å². The third-order valence-corrected chi connectivity index (χ3v) is 6.89. The van der Waals surface area contributed by atoms with Crippen molar-refractivity contribution in [2.45, 2.75) is 43.4 Å². The van der Waals surface area contributed by atoms with E-state index >= 15 is 0 Å². The predicted molar refractivity (Wildman–Crippen MR) is 101 cm³/mol. The zero-order valence-electron chi connectivity index (χ0n) is 14.0. The molecule has 25 heavy (non-hydrogen) atoms. The number of rotatable bonds is 4. The van der Waals surface area contributed by atoms with Crippen LogP contribution in [0, 0.1) is 5.92 Å². The van der Waals surface area contributed by atoms with Gasteiger partial charge in [-0.25, -0.2) is 8.42 Å². The maximum Gasteiger partial charge on any atom is 0.243 e. The number of sulfonamides is 1. The number of nitrogens with zero attached hydrogens (tertiary/aromatic N) is 1. The van der Waals surface area contributed by atoms with E-state index in [4.69, 9.17) is 12.2 Å². The van der Waals surface area contributed by atoms with Crippen molar-refractivity contribution in [3.05, 3.63) is 24.3 Å². The molecule has 136 valence electrons. The maximum atomic E-state index is 12.6. The molecule has 1 aliphatic carbocycles. The molecule has 3 rings (SSSR count). The van der Waals surface area contributed by atoms with Crippen LogP contribution in [0.15, 0.2) is 29.2 Å². The molecule has 0 spiro atoms. The monoisotopic (exact) mass is 381 g/mol. The van der Waals surface area contributed by atoms with E-state index in [0.29, 0.717) is 18.8 Å². The van der Waals surface area contributed by atoms with Gasteiger partial charge in [-0.15, -0.1) is 0 Å². The molecular formula is C17H23N3O3S2. The van der Waals surface area contributed by atoms with E-state index in [1.165, 1.54) is 0 Å². The smallest absolute Gasteiger partial charge is 0.243 e. The molecule has 0 atom stereocenters. The first-order valence-corrected chi connectivity index (χ1v) is 10.5. The summed E-state index contributed by atoms with van der Waals surface area (Å²) in [6.45, 7) is 1.17. The summed E-state index contributed by atoms with van der Waals surface area (Å²) >= 11 is 5.14. The number of anilines is 1. The van der Waals surface area contributed by atoms with E-state index < -0.39 is 10.0 Å². The summed E-state index contributed by atoms with van der Waals surface area (Å²) in [5.41, 5.74) is 0.650. The molecule has 1 heterocycles. The first kappa shape index (κ1) is 18.3. The summed E-state index contributed by atoms with van der Waals surface area (Å²) in [7, 11) is -3.43. The highest BCUT2D eigenvalue weighted by Gasteiger charge is 2.26. The fourth-order valence-electron chi connectivity index (χ4n) is 3.01. The number of piperidine rings is 1. The molecule has 0 bridgehead atoms. The average molecular weight is 382 g/mol. The molecule has 8 heteroatoms. The number of amides is 1. The van der Waals surface area contributed by atoms with Gasteiger partial charge in [0.2, 0.25) is 15.9 Å². The van der Waals surface area contributed by atoms with Gasteiger partial charge in [0.1, 0.15) is 0 Å². The van der Waals surface area contributed by atoms with E-state index in [-0.39, 0.29) is 21.8 Å². The van der Waals surface area contributed by atoms with Crippen LogP contribution in [0.1, 0.15) is 38.5 Å². The largest absolute Gasteiger partial charge is 0.332 e. The standard InChI is InChI=1S/C17H23N3O3S2/c21-16(13-5-4-6-13)19-17(24)18-14-7-9-15(10-8-14)25(22,23)20-11-2-1-3-12-20/h7-10,13H,1-6,11-12H2,(H2,18,19,21,24). The summed E-state index contributed by atoms with van der Waals surface area (Å²) in [5.74, 6) is 0.0184. The molecule has 6 nitrogen and oxygen atoms in total. The Hall–Kier alpha value is -1.51. The van der Waals surface area contributed by atoms with Gasteiger partial charge in [0.25, 0.3) is 0 Å². The van der Waals surface area contributed by atoms with Crippen molar-refractivity contribution in [1.82, 2.24) is 9.62 Å². The van der Waals surface area contributed by atoms with Crippen LogP contribution in [-0.2, 0) is 14.8 Å². The number of hydrogen-bond donors (Lipinski definition) is 2. The second kappa shape index (κ2) is 7.80. The van der Waals surface area contributed by atoms with Crippen molar-refractivity contribution in [1.29, 1.82) is 0 Å². The van der Waals surface area contributed by atoms with Crippen molar-refractivity contribution in [3.8, 4) is 0 Å². The minimum absolute atomic E-state index is 0.0481. The lowest BCUT2D eigenvalue weighted by atomic mass is 9.85. The highest BCUT2D eigenvalue weighted by molar-refractivity contribution is 7.89. The van der Waals surface area contributed by atoms with Crippen LogP contribution in [0.25, 0.3) is 0 Å². The zero-order chi connectivity index (χ0) is 17.9. The molecule has 1 saturated carbocycles. The predicted octanol–water partition coefficient (Wildman–Crippen LogP) is 2.47. The normalized spacial score (nSPS) is 19.0. The Morgan fingerprint density at radius 2 is 1.68 bits per heavy atom. The van der Waals surface area contributed by atoms with Gasteiger partial charge in [-0.05, 0) is 62.2 Å². The van der Waals surface area contributed by atoms with Gasteiger partial charge in [0, 0.05) is 24.7 Å². The van der Waals surface area contributed by atoms with Gasteiger partial charge < -0.3 is 10.6 Å². The fourth-order valence-corrected chi connectivity index (χ4v) is 4.75. The highest BCUT2D eigenvalue weighted by Crippen LogP contribution is 2.26. The fraction of sp³-hybridized carbons (Fsp3) is 0.529. The van der Waals surface area contributed by atoms with E-state index in [1.54, 1.807) is 28.6 Å². The van der Waals surface area contributed by atoms with Crippen molar-refractivity contribution < 1.29 is 13.2 Å². The Kier molecular flexibility index (Phi) is 5.71. The summed E-state index contributed by atoms with van der Waals surface area (Å²) < 4.78 is 26.8. The van der Waals surface area contributed by atoms with Gasteiger partial charge >= 0.3 is 0 Å². The number of nitrogens with one attached hydrogen (secondary N) is 2. The van der Waals surface area contributed by atoms with Crippen LogP contribution >= 0.6 is 12.2 Å². The van der Waals surface area contributed by atoms with E-state index in [9.17, 15) is 13.2 Å². The van der Waals surface area contributed by atoms with Gasteiger partial charge in [-0.2, -0.15) is 4.31 Å². The lowest BCUT2D eigenvalue weighted by Crippen LogP contribution is -2.40. The molecule has 1 amide bonds. The summed E-state index contributed by atoms with van der Waals surface area (Å²) in [5, 5.41) is 5.85. The van der Waals surface area contributed by atoms with Gasteiger partial charge in [-0.1, -0.05) is 12.8 Å². The Balaban J connectivity index is 1.59. The number of benzene rings is 1. The molecule has 0 radical (unpaired) electrons. The van der Waals surface area contributed by atoms with Gasteiger partial charge in [0.05, 0.1) is 4.90 Å². The van der Waals surface area contributed by atoms with E-state index in [0.717, 1.165) is 38.5 Å². The van der Waals surface area contributed by atoms with Crippen LogP contribution in [0.5, 0.6) is 0 Å². The highest BCUT2D eigenvalue weighted by atomic mass is 32.2. The minimum Gasteiger partial charge on any atom is -0.332 e. The number of hydrogen-bond acceptors (Lipinski definition) is 4. The molecule has 0 aromatic heterocycles. The Labute approximate surface area is 154 Å². The lowest BCUT2D eigenvalue weighted by Gasteiger charge is -2.26. The molecule has 1 aromatic carbocycles. The van der Waals surface area contributed by atoms with E-state index in [2.05, 4.69) is 10.6 Å². The van der Waals surface area contributed by atoms with Crippen molar-refractivity contribution in [2.75, 3.05) is 18.4 Å². The van der Waals surface area contributed by atoms with Crippen LogP contribution in [0.3, 0.4) is 0 Å². The first-order valence-electron chi connectivity index (χ1n) is 8.69. The molecule has 2 aliphatic rings. The topological polar surface area (TPSA) is 78.5 Å². The van der Waals surface area contributed by atoms with Crippen molar-refractivity contribution in [2.24, 2.45) is 5.92 Å². The Bertz CT molecular complexity index is 737. The maximum absolute atomic E-state index is 12.6. The zero-order valence-corrected chi connectivity index (χ0v) is 15.7. The number of carbonyl (C=O) groups excluding carboxylic acids is 1. The molecule has 2 fully saturated rings. The summed E-state index contributed by atoms with van der Waals surface area (Å²) in [4.78, 5) is 12.1. The third-order valence-electron chi connectivity index (χ3n) is 4.78. The van der Waals surface area contributed by atoms with Gasteiger partial charge in [0.15, 0.2) is 5.11 Å². The molecule has 1 aliphatic heterocycles. The molecule has 0 unspecified atom stereocenters. The third kappa shape index (κ3) is 4.37. The summed E-state index contributed by atoms with van der Waals surface area (Å²) in [6.07, 6.45) is 5.82. The van der Waals surface area contributed by atoms with E-state index in [1.807, 2.05) is 0 Å². The van der Waals surface area contributed by atoms with Crippen LogP contribution in [-0.4, -0.2) is 36.8 Å².